The number of hydrogen-bond donors (Lipinski definition) is 2. The minimum atomic E-state index is -0.222. The molecule has 3 aromatic rings. The van der Waals surface area contributed by atoms with Crippen molar-refractivity contribution in [3.63, 3.8) is 0 Å². The fourth-order valence-corrected chi connectivity index (χ4v) is 4.77. The predicted molar refractivity (Wildman–Crippen MR) is 107 cm³/mol. The van der Waals surface area contributed by atoms with Crippen LogP contribution in [-0.2, 0) is 0 Å². The van der Waals surface area contributed by atoms with E-state index in [9.17, 15) is 9.59 Å². The SMILES string of the molecule is COc1ccc([C@@H]2[C@H]3CNC[C@H]3CN2C(=O)c2c[nH]n3c(=O)cc(C)nc23)cc1. The van der Waals surface area contributed by atoms with Gasteiger partial charge in [-0.2, -0.15) is 0 Å². The molecular weight excluding hydrogens is 370 g/mol. The summed E-state index contributed by atoms with van der Waals surface area (Å²) in [6.45, 7) is 4.23. The Balaban J connectivity index is 1.56. The maximum Gasteiger partial charge on any atom is 0.272 e. The Kier molecular flexibility index (Phi) is 4.16. The second-order valence-electron chi connectivity index (χ2n) is 7.84. The van der Waals surface area contributed by atoms with Crippen molar-refractivity contribution in [1.82, 2.24) is 24.8 Å². The van der Waals surface area contributed by atoms with Crippen LogP contribution in [0.1, 0.15) is 27.7 Å². The molecule has 2 aromatic heterocycles. The van der Waals surface area contributed by atoms with Crippen molar-refractivity contribution in [1.29, 1.82) is 0 Å². The lowest BCUT2D eigenvalue weighted by Gasteiger charge is -2.28. The minimum Gasteiger partial charge on any atom is -0.497 e. The standard InChI is InChI=1S/C21H23N5O3/c1-12-7-18(27)26-20(24-12)17(10-23-26)21(28)25-11-14-8-22-9-16(14)19(25)13-3-5-15(29-2)6-4-13/h3-7,10,14,16,19,22-23H,8-9,11H2,1-2H3/t14-,16-,19+/m0/s1. The number of carbonyl (C=O) groups excluding carboxylic acids is 1. The molecule has 2 saturated heterocycles. The zero-order valence-corrected chi connectivity index (χ0v) is 16.4. The molecule has 5 rings (SSSR count). The lowest BCUT2D eigenvalue weighted by Crippen LogP contribution is -2.34. The summed E-state index contributed by atoms with van der Waals surface area (Å²) in [7, 11) is 1.64. The summed E-state index contributed by atoms with van der Waals surface area (Å²) in [6.07, 6.45) is 1.59. The number of methoxy groups -OCH3 is 1. The molecule has 2 fully saturated rings. The van der Waals surface area contributed by atoms with Crippen LogP contribution in [0.2, 0.25) is 0 Å². The molecule has 3 atom stereocenters. The number of ether oxygens (including phenoxy) is 1. The molecule has 0 spiro atoms. The van der Waals surface area contributed by atoms with E-state index in [4.69, 9.17) is 4.74 Å². The monoisotopic (exact) mass is 393 g/mol. The Morgan fingerprint density at radius 2 is 2.03 bits per heavy atom. The second kappa shape index (κ2) is 6.73. The van der Waals surface area contributed by atoms with E-state index in [1.54, 1.807) is 20.2 Å². The van der Waals surface area contributed by atoms with Crippen LogP contribution >= 0.6 is 0 Å². The second-order valence-corrected chi connectivity index (χ2v) is 7.84. The van der Waals surface area contributed by atoms with Gasteiger partial charge in [0, 0.05) is 43.5 Å². The van der Waals surface area contributed by atoms with Crippen molar-refractivity contribution < 1.29 is 9.53 Å². The van der Waals surface area contributed by atoms with Gasteiger partial charge in [0.15, 0.2) is 5.65 Å². The molecule has 1 aromatic carbocycles. The van der Waals surface area contributed by atoms with Gasteiger partial charge < -0.3 is 15.0 Å². The van der Waals surface area contributed by atoms with Crippen LogP contribution in [0, 0.1) is 18.8 Å². The quantitative estimate of drug-likeness (QED) is 0.701. The molecule has 2 aliphatic heterocycles. The number of aromatic nitrogens is 3. The van der Waals surface area contributed by atoms with Crippen molar-refractivity contribution >= 4 is 11.6 Å². The maximum absolute atomic E-state index is 13.6. The molecule has 29 heavy (non-hydrogen) atoms. The van der Waals surface area contributed by atoms with Crippen molar-refractivity contribution in [3.05, 3.63) is 63.7 Å². The number of fused-ring (bicyclic) bond motifs is 2. The van der Waals surface area contributed by atoms with Gasteiger partial charge in [-0.05, 0) is 30.5 Å². The number of likely N-dealkylation sites (tertiary alicyclic amines) is 1. The van der Waals surface area contributed by atoms with Gasteiger partial charge in [-0.25, -0.2) is 9.50 Å². The first kappa shape index (κ1) is 17.9. The number of aromatic amines is 1. The fourth-order valence-electron chi connectivity index (χ4n) is 4.77. The average molecular weight is 393 g/mol. The highest BCUT2D eigenvalue weighted by molar-refractivity contribution is 6.00. The Labute approximate surface area is 167 Å². The topological polar surface area (TPSA) is 91.7 Å². The molecule has 0 radical (unpaired) electrons. The number of H-pyrrole nitrogens is 1. The van der Waals surface area contributed by atoms with Crippen molar-refractivity contribution in [2.45, 2.75) is 13.0 Å². The van der Waals surface area contributed by atoms with E-state index in [0.717, 1.165) is 24.4 Å². The van der Waals surface area contributed by atoms with E-state index in [2.05, 4.69) is 15.4 Å². The highest BCUT2D eigenvalue weighted by Crippen LogP contribution is 2.43. The summed E-state index contributed by atoms with van der Waals surface area (Å²) < 4.78 is 6.61. The zero-order chi connectivity index (χ0) is 20.1. The van der Waals surface area contributed by atoms with E-state index >= 15 is 0 Å². The highest BCUT2D eigenvalue weighted by atomic mass is 16.5. The predicted octanol–water partition coefficient (Wildman–Crippen LogP) is 1.37. The van der Waals surface area contributed by atoms with Crippen LogP contribution in [0.3, 0.4) is 0 Å². The summed E-state index contributed by atoms with van der Waals surface area (Å²) in [5.74, 6) is 1.46. The number of hydrogen-bond acceptors (Lipinski definition) is 5. The third-order valence-electron chi connectivity index (χ3n) is 6.14. The summed E-state index contributed by atoms with van der Waals surface area (Å²) in [5.41, 5.74) is 2.27. The number of aryl methyl sites for hydroxylation is 1. The van der Waals surface area contributed by atoms with Gasteiger partial charge in [-0.15, -0.1) is 0 Å². The average Bonchev–Trinajstić information content (AvgIpc) is 3.41. The summed E-state index contributed by atoms with van der Waals surface area (Å²) in [4.78, 5) is 32.2. The van der Waals surface area contributed by atoms with Crippen LogP contribution in [0.15, 0.2) is 41.3 Å². The Morgan fingerprint density at radius 3 is 2.79 bits per heavy atom. The van der Waals surface area contributed by atoms with Gasteiger partial charge >= 0.3 is 0 Å². The number of rotatable bonds is 3. The van der Waals surface area contributed by atoms with Gasteiger partial charge in [0.05, 0.1) is 13.2 Å². The number of benzene rings is 1. The van der Waals surface area contributed by atoms with Gasteiger partial charge in [0.1, 0.15) is 11.3 Å². The molecule has 2 N–H and O–H groups in total. The summed E-state index contributed by atoms with van der Waals surface area (Å²) >= 11 is 0. The molecule has 150 valence electrons. The van der Waals surface area contributed by atoms with Gasteiger partial charge in [0.25, 0.3) is 11.5 Å². The molecule has 0 bridgehead atoms. The molecule has 2 aliphatic rings. The Hall–Kier alpha value is -3.13. The highest BCUT2D eigenvalue weighted by Gasteiger charge is 2.47. The van der Waals surface area contributed by atoms with Crippen LogP contribution in [-0.4, -0.2) is 52.1 Å². The number of nitrogens with zero attached hydrogens (tertiary/aromatic N) is 3. The van der Waals surface area contributed by atoms with Gasteiger partial charge in [-0.1, -0.05) is 12.1 Å². The van der Waals surface area contributed by atoms with E-state index < -0.39 is 0 Å². The molecule has 4 heterocycles. The zero-order valence-electron chi connectivity index (χ0n) is 16.4. The van der Waals surface area contributed by atoms with E-state index in [0.29, 0.717) is 35.3 Å². The van der Waals surface area contributed by atoms with Gasteiger partial charge in [-0.3, -0.25) is 14.7 Å². The van der Waals surface area contributed by atoms with Crippen LogP contribution in [0.4, 0.5) is 0 Å². The molecule has 8 heteroatoms. The first-order valence-electron chi connectivity index (χ1n) is 9.80. The van der Waals surface area contributed by atoms with E-state index in [-0.39, 0.29) is 17.5 Å². The maximum atomic E-state index is 13.6. The molecule has 0 aliphatic carbocycles. The molecule has 1 amide bonds. The van der Waals surface area contributed by atoms with Gasteiger partial charge in [0.2, 0.25) is 0 Å². The van der Waals surface area contributed by atoms with Crippen molar-refractivity contribution in [2.75, 3.05) is 26.7 Å². The van der Waals surface area contributed by atoms with Crippen LogP contribution in [0.25, 0.3) is 5.65 Å². The lowest BCUT2D eigenvalue weighted by molar-refractivity contribution is 0.0716. The largest absolute Gasteiger partial charge is 0.497 e. The first-order chi connectivity index (χ1) is 14.1. The summed E-state index contributed by atoms with van der Waals surface area (Å²) in [6, 6.07) is 9.36. The molecule has 0 unspecified atom stereocenters. The first-order valence-corrected chi connectivity index (χ1v) is 9.80. The van der Waals surface area contributed by atoms with E-state index in [1.165, 1.54) is 10.6 Å². The molecular formula is C21H23N5O3. The van der Waals surface area contributed by atoms with Crippen molar-refractivity contribution in [2.24, 2.45) is 11.8 Å². The molecule has 0 saturated carbocycles. The minimum absolute atomic E-state index is 0.0279. The van der Waals surface area contributed by atoms with Crippen LogP contribution < -0.4 is 15.6 Å². The number of carbonyl (C=O) groups is 1. The van der Waals surface area contributed by atoms with Crippen LogP contribution in [0.5, 0.6) is 5.75 Å². The Bertz CT molecular complexity index is 1130. The third kappa shape index (κ3) is 2.82. The smallest absolute Gasteiger partial charge is 0.272 e. The van der Waals surface area contributed by atoms with E-state index in [1.807, 2.05) is 29.2 Å². The summed E-state index contributed by atoms with van der Waals surface area (Å²) in [5, 5.41) is 6.33. The third-order valence-corrected chi connectivity index (χ3v) is 6.14. The van der Waals surface area contributed by atoms with Crippen molar-refractivity contribution in [3.8, 4) is 5.75 Å². The Morgan fingerprint density at radius 1 is 1.24 bits per heavy atom. The number of amides is 1. The normalized spacial score (nSPS) is 23.5. The fraction of sp³-hybridized carbons (Fsp3) is 0.381. The lowest BCUT2D eigenvalue weighted by atomic mass is 9.89. The molecule has 8 nitrogen and oxygen atoms in total. The number of nitrogens with one attached hydrogen (secondary N) is 2.